The normalized spacial score (nSPS) is 10.0. The van der Waals surface area contributed by atoms with Gasteiger partial charge in [-0.25, -0.2) is 0 Å². The van der Waals surface area contributed by atoms with Crippen molar-refractivity contribution in [2.24, 2.45) is 5.73 Å². The highest BCUT2D eigenvalue weighted by Crippen LogP contribution is 2.23. The molecule has 0 aliphatic carbocycles. The number of nitrogens with zero attached hydrogens (tertiary/aromatic N) is 1. The summed E-state index contributed by atoms with van der Waals surface area (Å²) in [5, 5.41) is 18.6. The van der Waals surface area contributed by atoms with Gasteiger partial charge in [0.25, 0.3) is 5.17 Å². The standard InChI is InChI=1S/C9H12N2O3S/c1-5-8(13)7(3-12)6(2-11-5)4-14-9(10)15/h2,12-13H,3-4H2,1H3,(H2,10,15). The average molecular weight is 228 g/mol. The lowest BCUT2D eigenvalue weighted by Gasteiger charge is -2.10. The summed E-state index contributed by atoms with van der Waals surface area (Å²) in [5.41, 5.74) is 6.57. The first kappa shape index (κ1) is 11.7. The van der Waals surface area contributed by atoms with Crippen LogP contribution in [0.15, 0.2) is 6.20 Å². The molecule has 0 radical (unpaired) electrons. The van der Waals surface area contributed by atoms with Gasteiger partial charge in [-0.05, 0) is 19.1 Å². The number of aromatic hydroxyl groups is 1. The average Bonchev–Trinajstić information content (AvgIpc) is 2.19. The second-order valence-corrected chi connectivity index (χ2v) is 3.36. The van der Waals surface area contributed by atoms with Gasteiger partial charge in [0.15, 0.2) is 0 Å². The Morgan fingerprint density at radius 1 is 1.67 bits per heavy atom. The minimum Gasteiger partial charge on any atom is -0.506 e. The Hall–Kier alpha value is -1.40. The van der Waals surface area contributed by atoms with Crippen LogP contribution in [-0.2, 0) is 18.0 Å². The van der Waals surface area contributed by atoms with E-state index < -0.39 is 0 Å². The summed E-state index contributed by atoms with van der Waals surface area (Å²) in [6.45, 7) is 1.45. The van der Waals surface area contributed by atoms with Crippen molar-refractivity contribution in [1.29, 1.82) is 0 Å². The molecule has 4 N–H and O–H groups in total. The molecule has 1 aromatic rings. The van der Waals surface area contributed by atoms with E-state index in [1.165, 1.54) is 6.20 Å². The number of aliphatic hydroxyl groups is 1. The molecule has 0 aliphatic heterocycles. The third-order valence-electron chi connectivity index (χ3n) is 1.96. The smallest absolute Gasteiger partial charge is 0.254 e. The van der Waals surface area contributed by atoms with Crippen LogP contribution in [0.1, 0.15) is 16.8 Å². The number of hydrogen-bond acceptors (Lipinski definition) is 5. The van der Waals surface area contributed by atoms with E-state index in [-0.39, 0.29) is 24.1 Å². The van der Waals surface area contributed by atoms with Crippen molar-refractivity contribution in [2.45, 2.75) is 20.1 Å². The quantitative estimate of drug-likeness (QED) is 0.647. The van der Waals surface area contributed by atoms with Crippen molar-refractivity contribution in [2.75, 3.05) is 0 Å². The monoisotopic (exact) mass is 228 g/mol. The van der Waals surface area contributed by atoms with Crippen LogP contribution in [0, 0.1) is 6.92 Å². The molecular weight excluding hydrogens is 216 g/mol. The van der Waals surface area contributed by atoms with Crippen LogP contribution < -0.4 is 5.73 Å². The Morgan fingerprint density at radius 2 is 2.33 bits per heavy atom. The van der Waals surface area contributed by atoms with Gasteiger partial charge in [0.05, 0.1) is 12.3 Å². The van der Waals surface area contributed by atoms with Crippen LogP contribution in [0.2, 0.25) is 0 Å². The Bertz CT molecular complexity index is 382. The van der Waals surface area contributed by atoms with Crippen molar-refractivity contribution in [3.63, 3.8) is 0 Å². The van der Waals surface area contributed by atoms with Crippen LogP contribution in [0.5, 0.6) is 5.75 Å². The van der Waals surface area contributed by atoms with Crippen LogP contribution in [0.3, 0.4) is 0 Å². The summed E-state index contributed by atoms with van der Waals surface area (Å²) in [5.74, 6) is -0.0264. The first-order valence-corrected chi connectivity index (χ1v) is 4.66. The van der Waals surface area contributed by atoms with Crippen molar-refractivity contribution in [1.82, 2.24) is 4.98 Å². The molecule has 0 unspecified atom stereocenters. The number of pyridine rings is 1. The lowest BCUT2D eigenvalue weighted by Crippen LogP contribution is -2.13. The van der Waals surface area contributed by atoms with Gasteiger partial charge in [-0.1, -0.05) is 0 Å². The summed E-state index contributed by atoms with van der Waals surface area (Å²) in [6, 6.07) is 0. The molecule has 0 fully saturated rings. The molecule has 0 spiro atoms. The summed E-state index contributed by atoms with van der Waals surface area (Å²) >= 11 is 4.54. The number of rotatable bonds is 3. The fraction of sp³-hybridized carbons (Fsp3) is 0.333. The highest BCUT2D eigenvalue weighted by atomic mass is 32.1. The summed E-state index contributed by atoms with van der Waals surface area (Å²) < 4.78 is 4.91. The van der Waals surface area contributed by atoms with Crippen molar-refractivity contribution >= 4 is 17.4 Å². The second kappa shape index (κ2) is 4.90. The molecular formula is C9H12N2O3S. The third-order valence-corrected chi connectivity index (χ3v) is 2.08. The molecule has 1 rings (SSSR count). The van der Waals surface area contributed by atoms with E-state index >= 15 is 0 Å². The first-order valence-electron chi connectivity index (χ1n) is 4.25. The lowest BCUT2D eigenvalue weighted by molar-refractivity contribution is 0.259. The van der Waals surface area contributed by atoms with Crippen LogP contribution in [-0.4, -0.2) is 20.4 Å². The molecule has 0 aromatic carbocycles. The van der Waals surface area contributed by atoms with Gasteiger partial charge in [0.2, 0.25) is 0 Å². The molecule has 5 nitrogen and oxygen atoms in total. The predicted octanol–water partition coefficient (Wildman–Crippen LogP) is 0.348. The van der Waals surface area contributed by atoms with Crippen LogP contribution >= 0.6 is 12.2 Å². The number of aryl methyl sites for hydroxylation is 1. The Kier molecular flexibility index (Phi) is 3.81. The van der Waals surface area contributed by atoms with E-state index in [0.29, 0.717) is 16.8 Å². The second-order valence-electron chi connectivity index (χ2n) is 2.96. The van der Waals surface area contributed by atoms with E-state index in [1.54, 1.807) is 6.92 Å². The van der Waals surface area contributed by atoms with Gasteiger partial charge in [0, 0.05) is 17.3 Å². The maximum Gasteiger partial charge on any atom is 0.254 e. The number of thiocarbonyl (C=S) groups is 1. The maximum atomic E-state index is 9.60. The molecule has 15 heavy (non-hydrogen) atoms. The van der Waals surface area contributed by atoms with E-state index in [9.17, 15) is 5.11 Å². The zero-order chi connectivity index (χ0) is 11.4. The summed E-state index contributed by atoms with van der Waals surface area (Å²) in [7, 11) is 0. The third kappa shape index (κ3) is 2.77. The zero-order valence-corrected chi connectivity index (χ0v) is 9.04. The van der Waals surface area contributed by atoms with Crippen molar-refractivity contribution in [3.8, 4) is 5.75 Å². The van der Waals surface area contributed by atoms with Crippen molar-refractivity contribution < 1.29 is 14.9 Å². The molecule has 0 saturated carbocycles. The highest BCUT2D eigenvalue weighted by Gasteiger charge is 2.11. The predicted molar refractivity (Wildman–Crippen MR) is 58.1 cm³/mol. The van der Waals surface area contributed by atoms with Gasteiger partial charge in [0.1, 0.15) is 12.4 Å². The van der Waals surface area contributed by atoms with Crippen LogP contribution in [0.25, 0.3) is 0 Å². The fourth-order valence-corrected chi connectivity index (χ4v) is 1.19. The molecule has 1 aromatic heterocycles. The van der Waals surface area contributed by atoms with Crippen LogP contribution in [0.4, 0.5) is 0 Å². The largest absolute Gasteiger partial charge is 0.506 e. The van der Waals surface area contributed by atoms with E-state index in [0.717, 1.165) is 0 Å². The van der Waals surface area contributed by atoms with E-state index in [2.05, 4.69) is 17.2 Å². The zero-order valence-electron chi connectivity index (χ0n) is 8.23. The molecule has 0 atom stereocenters. The molecule has 1 heterocycles. The Morgan fingerprint density at radius 3 is 2.87 bits per heavy atom. The van der Waals surface area contributed by atoms with Gasteiger partial charge < -0.3 is 20.7 Å². The highest BCUT2D eigenvalue weighted by molar-refractivity contribution is 7.80. The van der Waals surface area contributed by atoms with Gasteiger partial charge in [-0.3, -0.25) is 4.98 Å². The van der Waals surface area contributed by atoms with Gasteiger partial charge in [-0.15, -0.1) is 0 Å². The molecule has 0 amide bonds. The molecule has 0 bridgehead atoms. The minimum absolute atomic E-state index is 0.0264. The Labute approximate surface area is 92.5 Å². The number of aliphatic hydroxyl groups excluding tert-OH is 1. The van der Waals surface area contributed by atoms with Gasteiger partial charge in [-0.2, -0.15) is 0 Å². The lowest BCUT2D eigenvalue weighted by atomic mass is 10.1. The summed E-state index contributed by atoms with van der Waals surface area (Å²) in [4.78, 5) is 3.94. The molecule has 0 aliphatic rings. The molecule has 82 valence electrons. The Balaban J connectivity index is 2.97. The number of hydrogen-bond donors (Lipinski definition) is 3. The molecule has 6 heteroatoms. The fourth-order valence-electron chi connectivity index (χ4n) is 1.13. The number of nitrogens with two attached hydrogens (primary N) is 1. The van der Waals surface area contributed by atoms with Gasteiger partial charge >= 0.3 is 0 Å². The first-order chi connectivity index (χ1) is 7.06. The maximum absolute atomic E-state index is 9.60. The summed E-state index contributed by atoms with van der Waals surface area (Å²) in [6.07, 6.45) is 1.51. The topological polar surface area (TPSA) is 88.6 Å². The van der Waals surface area contributed by atoms with Crippen molar-refractivity contribution in [3.05, 3.63) is 23.0 Å². The number of ether oxygens (including phenoxy) is 1. The minimum atomic E-state index is -0.286. The van der Waals surface area contributed by atoms with E-state index in [4.69, 9.17) is 15.6 Å². The SMILES string of the molecule is Cc1ncc(COC(N)=S)c(CO)c1O. The number of aromatic nitrogens is 1. The molecule has 0 saturated heterocycles. The van der Waals surface area contributed by atoms with E-state index in [1.807, 2.05) is 0 Å².